The first-order valence-electron chi connectivity index (χ1n) is 10.6. The molecule has 1 heterocycles. The number of benzene rings is 2. The Bertz CT molecular complexity index is 1170. The summed E-state index contributed by atoms with van der Waals surface area (Å²) in [6.07, 6.45) is 1.49. The van der Waals surface area contributed by atoms with Crippen molar-refractivity contribution in [2.45, 2.75) is 18.4 Å². The highest BCUT2D eigenvalue weighted by Crippen LogP contribution is 2.44. The Balaban J connectivity index is 1.35. The molecule has 3 aromatic rings. The number of amides is 2. The molecule has 0 saturated carbocycles. The van der Waals surface area contributed by atoms with Crippen LogP contribution >= 0.6 is 23.1 Å². The van der Waals surface area contributed by atoms with E-state index in [9.17, 15) is 19.5 Å². The van der Waals surface area contributed by atoms with Crippen LogP contribution in [0.5, 0.6) is 0 Å². The number of thiazole rings is 1. The summed E-state index contributed by atoms with van der Waals surface area (Å²) in [6, 6.07) is 15.1. The van der Waals surface area contributed by atoms with E-state index in [2.05, 4.69) is 27.8 Å². The van der Waals surface area contributed by atoms with E-state index in [4.69, 9.17) is 4.74 Å². The van der Waals surface area contributed by atoms with E-state index < -0.39 is 24.0 Å². The number of carbonyl (C=O) groups is 3. The topological polar surface area (TPSA) is 118 Å². The van der Waals surface area contributed by atoms with Gasteiger partial charge in [-0.2, -0.15) is 11.8 Å². The van der Waals surface area contributed by atoms with Crippen LogP contribution in [0.2, 0.25) is 0 Å². The standard InChI is InChI=1S/C24H23N3O5S2/c1-33-11-10-19(22(29)30)25-21(28)20-13-34-23(26-20)27-24(31)32-12-18-16-8-4-2-6-14(16)15-7-3-5-9-17(15)18/h2-9,13,18-19H,10-12H2,1H3,(H,25,28)(H,29,30)(H,26,27,31). The lowest BCUT2D eigenvalue weighted by molar-refractivity contribution is -0.139. The van der Waals surface area contributed by atoms with Gasteiger partial charge in [-0.3, -0.25) is 10.1 Å². The van der Waals surface area contributed by atoms with Gasteiger partial charge in [-0.05, 0) is 40.7 Å². The molecule has 0 saturated heterocycles. The van der Waals surface area contributed by atoms with Crippen LogP contribution in [0.1, 0.15) is 34.0 Å². The van der Waals surface area contributed by atoms with Crippen LogP contribution in [0.4, 0.5) is 9.93 Å². The molecule has 1 atom stereocenters. The quantitative estimate of drug-likeness (QED) is 0.400. The van der Waals surface area contributed by atoms with E-state index in [0.717, 1.165) is 33.6 Å². The summed E-state index contributed by atoms with van der Waals surface area (Å²) in [6.45, 7) is 0.161. The van der Waals surface area contributed by atoms with E-state index in [-0.39, 0.29) is 23.4 Å². The van der Waals surface area contributed by atoms with E-state index in [0.29, 0.717) is 12.2 Å². The van der Waals surface area contributed by atoms with Crippen LogP contribution in [0, 0.1) is 0 Å². The fourth-order valence-corrected chi connectivity index (χ4v) is 5.03. The molecule has 34 heavy (non-hydrogen) atoms. The highest BCUT2D eigenvalue weighted by Gasteiger charge is 2.29. The van der Waals surface area contributed by atoms with Gasteiger partial charge in [0.25, 0.3) is 5.91 Å². The first-order chi connectivity index (χ1) is 16.5. The summed E-state index contributed by atoms with van der Waals surface area (Å²) in [5, 5.41) is 15.9. The van der Waals surface area contributed by atoms with Crippen molar-refractivity contribution in [2.24, 2.45) is 0 Å². The maximum absolute atomic E-state index is 12.4. The second-order valence-electron chi connectivity index (χ2n) is 7.63. The predicted molar refractivity (Wildman–Crippen MR) is 133 cm³/mol. The third-order valence-corrected chi connectivity index (χ3v) is 6.91. The minimum atomic E-state index is -1.10. The normalized spacial score (nSPS) is 13.0. The molecule has 2 aromatic carbocycles. The number of hydrogen-bond acceptors (Lipinski definition) is 7. The Hall–Kier alpha value is -3.37. The summed E-state index contributed by atoms with van der Waals surface area (Å²) in [5.74, 6) is -1.17. The Morgan fingerprint density at radius 1 is 1.12 bits per heavy atom. The second kappa shape index (κ2) is 10.7. The zero-order valence-electron chi connectivity index (χ0n) is 18.3. The van der Waals surface area contributed by atoms with Crippen molar-refractivity contribution >= 4 is 46.2 Å². The molecule has 0 radical (unpaired) electrons. The van der Waals surface area contributed by atoms with Crippen LogP contribution in [0.15, 0.2) is 53.9 Å². The summed E-state index contributed by atoms with van der Waals surface area (Å²) in [7, 11) is 0. The predicted octanol–water partition coefficient (Wildman–Crippen LogP) is 4.44. The van der Waals surface area contributed by atoms with Gasteiger partial charge in [0.1, 0.15) is 18.3 Å². The molecule has 176 valence electrons. The zero-order chi connectivity index (χ0) is 24.1. The fraction of sp³-hybridized carbons (Fsp3) is 0.250. The number of carboxylic acid groups (broad SMARTS) is 1. The lowest BCUT2D eigenvalue weighted by Crippen LogP contribution is -2.41. The van der Waals surface area contributed by atoms with Crippen molar-refractivity contribution in [3.05, 3.63) is 70.7 Å². The average Bonchev–Trinajstić information content (AvgIpc) is 3.43. The Kier molecular flexibility index (Phi) is 7.49. The molecular weight excluding hydrogens is 474 g/mol. The van der Waals surface area contributed by atoms with E-state index in [1.54, 1.807) is 0 Å². The third-order valence-electron chi connectivity index (χ3n) is 5.50. The number of aromatic nitrogens is 1. The van der Waals surface area contributed by atoms with Crippen LogP contribution in [0.3, 0.4) is 0 Å². The van der Waals surface area contributed by atoms with E-state index >= 15 is 0 Å². The molecule has 1 aromatic heterocycles. The molecule has 0 bridgehead atoms. The first-order valence-corrected chi connectivity index (χ1v) is 12.9. The van der Waals surface area contributed by atoms with Gasteiger partial charge in [0.05, 0.1) is 0 Å². The summed E-state index contributed by atoms with van der Waals surface area (Å²) in [4.78, 5) is 40.2. The number of carbonyl (C=O) groups excluding carboxylic acids is 2. The van der Waals surface area contributed by atoms with Crippen LogP contribution in [-0.2, 0) is 9.53 Å². The minimum absolute atomic E-state index is 0.0364. The van der Waals surface area contributed by atoms with Gasteiger partial charge in [-0.25, -0.2) is 14.6 Å². The summed E-state index contributed by atoms with van der Waals surface area (Å²) >= 11 is 2.56. The summed E-state index contributed by atoms with van der Waals surface area (Å²) < 4.78 is 5.49. The molecule has 2 amide bonds. The number of anilines is 1. The number of aliphatic carboxylic acids is 1. The molecule has 0 aliphatic heterocycles. The molecule has 8 nitrogen and oxygen atoms in total. The number of carboxylic acids is 1. The monoisotopic (exact) mass is 497 g/mol. The third kappa shape index (κ3) is 5.23. The van der Waals surface area contributed by atoms with Crippen molar-refractivity contribution < 1.29 is 24.2 Å². The zero-order valence-corrected chi connectivity index (χ0v) is 19.9. The second-order valence-corrected chi connectivity index (χ2v) is 9.48. The molecule has 4 rings (SSSR count). The minimum Gasteiger partial charge on any atom is -0.480 e. The lowest BCUT2D eigenvalue weighted by atomic mass is 9.98. The fourth-order valence-electron chi connectivity index (χ4n) is 3.88. The average molecular weight is 498 g/mol. The molecule has 0 fully saturated rings. The number of rotatable bonds is 9. The van der Waals surface area contributed by atoms with E-state index in [1.807, 2.05) is 42.7 Å². The summed E-state index contributed by atoms with van der Waals surface area (Å²) in [5.41, 5.74) is 4.53. The number of hydrogen-bond donors (Lipinski definition) is 3. The van der Waals surface area contributed by atoms with Gasteiger partial charge < -0.3 is 15.2 Å². The van der Waals surface area contributed by atoms with Crippen molar-refractivity contribution in [3.63, 3.8) is 0 Å². The number of fused-ring (bicyclic) bond motifs is 3. The first kappa shape index (κ1) is 23.8. The number of nitrogens with one attached hydrogen (secondary N) is 2. The van der Waals surface area contributed by atoms with Gasteiger partial charge in [0, 0.05) is 11.3 Å². The van der Waals surface area contributed by atoms with Crippen LogP contribution < -0.4 is 10.6 Å². The number of ether oxygens (including phenoxy) is 1. The smallest absolute Gasteiger partial charge is 0.413 e. The largest absolute Gasteiger partial charge is 0.480 e. The van der Waals surface area contributed by atoms with Crippen molar-refractivity contribution in [1.82, 2.24) is 10.3 Å². The molecule has 0 spiro atoms. The van der Waals surface area contributed by atoms with Gasteiger partial charge in [0.15, 0.2) is 5.13 Å². The van der Waals surface area contributed by atoms with Crippen molar-refractivity contribution in [1.29, 1.82) is 0 Å². The highest BCUT2D eigenvalue weighted by molar-refractivity contribution is 7.98. The van der Waals surface area contributed by atoms with E-state index in [1.165, 1.54) is 17.1 Å². The molecule has 1 aliphatic carbocycles. The Morgan fingerprint density at radius 2 is 1.76 bits per heavy atom. The molecule has 3 N–H and O–H groups in total. The molecule has 1 aliphatic rings. The van der Waals surface area contributed by atoms with Crippen LogP contribution in [-0.4, -0.2) is 52.7 Å². The Labute approximate surface area is 204 Å². The van der Waals surface area contributed by atoms with Crippen molar-refractivity contribution in [3.8, 4) is 11.1 Å². The van der Waals surface area contributed by atoms with Crippen LogP contribution in [0.25, 0.3) is 11.1 Å². The van der Waals surface area contributed by atoms with Gasteiger partial charge in [-0.1, -0.05) is 48.5 Å². The van der Waals surface area contributed by atoms with Gasteiger partial charge in [0.2, 0.25) is 0 Å². The molecular formula is C24H23N3O5S2. The number of thioether (sulfide) groups is 1. The number of nitrogens with zero attached hydrogens (tertiary/aromatic N) is 1. The molecule has 10 heteroatoms. The maximum Gasteiger partial charge on any atom is 0.413 e. The highest BCUT2D eigenvalue weighted by atomic mass is 32.2. The molecule has 1 unspecified atom stereocenters. The van der Waals surface area contributed by atoms with Gasteiger partial charge in [-0.15, -0.1) is 11.3 Å². The lowest BCUT2D eigenvalue weighted by Gasteiger charge is -2.14. The Morgan fingerprint density at radius 3 is 2.38 bits per heavy atom. The maximum atomic E-state index is 12.4. The van der Waals surface area contributed by atoms with Gasteiger partial charge >= 0.3 is 12.1 Å². The van der Waals surface area contributed by atoms with Crippen molar-refractivity contribution in [2.75, 3.05) is 23.9 Å². The SMILES string of the molecule is CSCCC(NC(=O)c1csc(NC(=O)OCC2c3ccccc3-c3ccccc32)n1)C(=O)O.